The van der Waals surface area contributed by atoms with Crippen molar-refractivity contribution in [3.63, 3.8) is 0 Å². The predicted octanol–water partition coefficient (Wildman–Crippen LogP) is -0.106. The summed E-state index contributed by atoms with van der Waals surface area (Å²) in [5.41, 5.74) is 0. The molecule has 0 aromatic rings. The number of aliphatic hydroxyl groups is 1. The molecule has 0 amide bonds. The Kier molecular flexibility index (Phi) is 6.56. The van der Waals surface area contributed by atoms with Gasteiger partial charge in [-0.2, -0.15) is 0 Å². The van der Waals surface area contributed by atoms with Gasteiger partial charge >= 0.3 is 17.9 Å². The van der Waals surface area contributed by atoms with Gasteiger partial charge in [-0.3, -0.25) is 14.4 Å². The molecule has 1 rings (SSSR count). The second kappa shape index (κ2) is 7.71. The first-order valence-corrected chi connectivity index (χ1v) is 7.09. The third-order valence-electron chi connectivity index (χ3n) is 2.66. The number of hydrogen-bond donors (Lipinski definition) is 1. The normalized spacial score (nSPS) is 32.1. The maximum atomic E-state index is 11.3. The van der Waals surface area contributed by atoms with Crippen LogP contribution in [0.15, 0.2) is 0 Å². The van der Waals surface area contributed by atoms with Crippen molar-refractivity contribution in [1.29, 1.82) is 0 Å². The molecule has 1 fully saturated rings. The Morgan fingerprint density at radius 2 is 1.38 bits per heavy atom. The fraction of sp³-hybridized carbons (Fsp3) is 0.750. The van der Waals surface area contributed by atoms with E-state index in [9.17, 15) is 19.5 Å². The summed E-state index contributed by atoms with van der Waals surface area (Å²) in [5.74, 6) is -1.91. The van der Waals surface area contributed by atoms with Gasteiger partial charge in [-0.25, -0.2) is 0 Å². The molecule has 1 N–H and O–H groups in total. The average Bonchev–Trinajstić information content (AvgIpc) is 2.35. The van der Waals surface area contributed by atoms with Gasteiger partial charge in [0.05, 0.1) is 6.61 Å². The Balaban J connectivity index is 3.08. The van der Waals surface area contributed by atoms with Crippen molar-refractivity contribution >= 4 is 33.8 Å². The summed E-state index contributed by atoms with van der Waals surface area (Å²) in [7, 11) is 0. The van der Waals surface area contributed by atoms with E-state index in [1.807, 2.05) is 0 Å². The summed E-state index contributed by atoms with van der Waals surface area (Å²) >= 11 is 3.15. The van der Waals surface area contributed by atoms with Gasteiger partial charge in [0.15, 0.2) is 23.3 Å². The third kappa shape index (κ3) is 4.94. The van der Waals surface area contributed by atoms with Crippen molar-refractivity contribution in [2.45, 2.75) is 50.2 Å². The zero-order valence-electron chi connectivity index (χ0n) is 11.8. The molecule has 1 aliphatic heterocycles. The van der Waals surface area contributed by atoms with E-state index in [0.29, 0.717) is 0 Å². The van der Waals surface area contributed by atoms with Crippen LogP contribution in [0, 0.1) is 0 Å². The van der Waals surface area contributed by atoms with Gasteiger partial charge in [0.25, 0.3) is 0 Å². The van der Waals surface area contributed by atoms with Crippen molar-refractivity contribution in [2.75, 3.05) is 6.61 Å². The smallest absolute Gasteiger partial charge is 0.303 e. The molecular formula is C12H17BrO8. The molecular weight excluding hydrogens is 352 g/mol. The molecule has 21 heavy (non-hydrogen) atoms. The van der Waals surface area contributed by atoms with E-state index in [1.54, 1.807) is 0 Å². The van der Waals surface area contributed by atoms with E-state index in [0.717, 1.165) is 0 Å². The first kappa shape index (κ1) is 17.9. The number of carbonyl (C=O) groups is 3. The molecule has 1 aliphatic rings. The molecule has 0 aliphatic carbocycles. The van der Waals surface area contributed by atoms with E-state index in [-0.39, 0.29) is 0 Å². The van der Waals surface area contributed by atoms with Gasteiger partial charge in [-0.05, 0) is 0 Å². The Hall–Kier alpha value is -1.19. The summed E-state index contributed by atoms with van der Waals surface area (Å²) in [6.07, 6.45) is -4.12. The standard InChI is InChI=1S/C12H17BrO8/c1-5(15)18-9-8(4-14)21-12(13)11(20-7(3)17)10(9)19-6(2)16/h8-12,14H,4H2,1-3H3/t8?,9-,10-,11?,12-/m1/s1. The Morgan fingerprint density at radius 1 is 0.952 bits per heavy atom. The second-order valence-corrected chi connectivity index (χ2v) is 5.33. The van der Waals surface area contributed by atoms with Crippen LogP contribution in [0.2, 0.25) is 0 Å². The summed E-state index contributed by atoms with van der Waals surface area (Å²) in [4.78, 5) is 33.6. The highest BCUT2D eigenvalue weighted by Crippen LogP contribution is 2.31. The van der Waals surface area contributed by atoms with Crippen molar-refractivity contribution < 1.29 is 38.4 Å². The second-order valence-electron chi connectivity index (χ2n) is 4.43. The lowest BCUT2D eigenvalue weighted by Gasteiger charge is -2.42. The minimum absolute atomic E-state index is 0.468. The summed E-state index contributed by atoms with van der Waals surface area (Å²) in [6, 6.07) is 0. The number of halogens is 1. The molecule has 0 aromatic carbocycles. The van der Waals surface area contributed by atoms with Gasteiger partial charge in [-0.15, -0.1) is 0 Å². The zero-order valence-corrected chi connectivity index (χ0v) is 13.4. The van der Waals surface area contributed by atoms with Crippen LogP contribution in [-0.2, 0) is 33.3 Å². The largest absolute Gasteiger partial charge is 0.456 e. The number of aliphatic hydroxyl groups excluding tert-OH is 1. The van der Waals surface area contributed by atoms with Crippen molar-refractivity contribution in [1.82, 2.24) is 0 Å². The van der Waals surface area contributed by atoms with E-state index >= 15 is 0 Å². The molecule has 9 heteroatoms. The average molecular weight is 369 g/mol. The topological polar surface area (TPSA) is 108 Å². The lowest BCUT2D eigenvalue weighted by molar-refractivity contribution is -0.235. The number of alkyl halides is 1. The number of rotatable bonds is 4. The third-order valence-corrected chi connectivity index (χ3v) is 3.40. The molecule has 1 heterocycles. The lowest BCUT2D eigenvalue weighted by atomic mass is 9.99. The molecule has 5 atom stereocenters. The highest BCUT2D eigenvalue weighted by atomic mass is 79.9. The molecule has 0 radical (unpaired) electrons. The number of hydrogen-bond acceptors (Lipinski definition) is 8. The molecule has 0 saturated carbocycles. The van der Waals surface area contributed by atoms with Crippen LogP contribution in [0.3, 0.4) is 0 Å². The summed E-state index contributed by atoms with van der Waals surface area (Å²) in [5, 5.41) is 8.50. The van der Waals surface area contributed by atoms with Crippen LogP contribution < -0.4 is 0 Å². The van der Waals surface area contributed by atoms with E-state index in [2.05, 4.69) is 15.9 Å². The van der Waals surface area contributed by atoms with Gasteiger partial charge in [0.2, 0.25) is 0 Å². The van der Waals surface area contributed by atoms with Crippen molar-refractivity contribution in [3.05, 3.63) is 0 Å². The minimum Gasteiger partial charge on any atom is -0.456 e. The van der Waals surface area contributed by atoms with Crippen LogP contribution in [-0.4, -0.2) is 59.1 Å². The first-order valence-electron chi connectivity index (χ1n) is 6.18. The van der Waals surface area contributed by atoms with Gasteiger partial charge in [0, 0.05) is 20.8 Å². The van der Waals surface area contributed by atoms with Crippen molar-refractivity contribution in [3.8, 4) is 0 Å². The molecule has 2 unspecified atom stereocenters. The Morgan fingerprint density at radius 3 is 1.81 bits per heavy atom. The number of ether oxygens (including phenoxy) is 4. The van der Waals surface area contributed by atoms with Gasteiger partial charge < -0.3 is 24.1 Å². The van der Waals surface area contributed by atoms with Crippen molar-refractivity contribution in [2.24, 2.45) is 0 Å². The summed E-state index contributed by atoms with van der Waals surface area (Å²) < 4.78 is 20.6. The molecule has 8 nitrogen and oxygen atoms in total. The first-order chi connectivity index (χ1) is 9.76. The Labute approximate surface area is 129 Å². The van der Waals surface area contributed by atoms with Gasteiger partial charge in [-0.1, -0.05) is 15.9 Å². The maximum Gasteiger partial charge on any atom is 0.303 e. The zero-order chi connectivity index (χ0) is 16.2. The maximum absolute atomic E-state index is 11.3. The van der Waals surface area contributed by atoms with Crippen LogP contribution >= 0.6 is 15.9 Å². The summed E-state index contributed by atoms with van der Waals surface area (Å²) in [6.45, 7) is 3.05. The minimum atomic E-state index is -1.09. The van der Waals surface area contributed by atoms with Gasteiger partial charge in [0.1, 0.15) is 6.10 Å². The lowest BCUT2D eigenvalue weighted by Crippen LogP contribution is -2.60. The molecule has 0 aromatic heterocycles. The molecule has 0 bridgehead atoms. The van der Waals surface area contributed by atoms with E-state index in [4.69, 9.17) is 18.9 Å². The molecule has 1 saturated heterocycles. The highest BCUT2D eigenvalue weighted by molar-refractivity contribution is 9.09. The SMILES string of the molecule is CC(=O)OC1[C@H](Br)OC(CO)[C@@H](OC(C)=O)[C@H]1OC(C)=O. The molecule has 0 spiro atoms. The predicted molar refractivity (Wildman–Crippen MR) is 71.3 cm³/mol. The quantitative estimate of drug-likeness (QED) is 0.416. The molecule has 120 valence electrons. The van der Waals surface area contributed by atoms with Crippen LogP contribution in [0.5, 0.6) is 0 Å². The number of carbonyl (C=O) groups excluding carboxylic acids is 3. The fourth-order valence-electron chi connectivity index (χ4n) is 1.99. The van der Waals surface area contributed by atoms with Crippen LogP contribution in [0.25, 0.3) is 0 Å². The Bertz CT molecular complexity index is 412. The van der Waals surface area contributed by atoms with E-state index < -0.39 is 53.9 Å². The van der Waals surface area contributed by atoms with Crippen LogP contribution in [0.1, 0.15) is 20.8 Å². The van der Waals surface area contributed by atoms with Crippen LogP contribution in [0.4, 0.5) is 0 Å². The fourth-order valence-corrected chi connectivity index (χ4v) is 2.67. The van der Waals surface area contributed by atoms with E-state index in [1.165, 1.54) is 20.8 Å². The number of esters is 3. The monoisotopic (exact) mass is 368 g/mol. The highest BCUT2D eigenvalue weighted by Gasteiger charge is 2.50.